The maximum atomic E-state index is 12.6. The van der Waals surface area contributed by atoms with Crippen LogP contribution in [0.5, 0.6) is 0 Å². The highest BCUT2D eigenvalue weighted by Crippen LogP contribution is 2.23. The lowest BCUT2D eigenvalue weighted by Gasteiger charge is -2.25. The molecule has 1 saturated heterocycles. The third kappa shape index (κ3) is 3.30. The lowest BCUT2D eigenvalue weighted by Crippen LogP contribution is -2.32. The summed E-state index contributed by atoms with van der Waals surface area (Å²) in [5.74, 6) is -1.16. The minimum absolute atomic E-state index is 0.0447. The summed E-state index contributed by atoms with van der Waals surface area (Å²) in [6.45, 7) is 3.35. The van der Waals surface area contributed by atoms with Crippen molar-refractivity contribution in [2.45, 2.75) is 25.8 Å². The smallest absolute Gasteiger partial charge is 0.339 e. The van der Waals surface area contributed by atoms with Crippen LogP contribution in [0.1, 0.15) is 41.7 Å². The lowest BCUT2D eigenvalue weighted by molar-refractivity contribution is 0.0671. The third-order valence-corrected chi connectivity index (χ3v) is 3.63. The molecule has 1 aromatic heterocycles. The topological polar surface area (TPSA) is 104 Å². The molecule has 0 bridgehead atoms. The number of nitrogen functional groups attached to an aromatic ring is 1. The predicted octanol–water partition coefficient (Wildman–Crippen LogP) is 1.49. The van der Waals surface area contributed by atoms with E-state index in [1.807, 2.05) is 6.92 Å². The van der Waals surface area contributed by atoms with Gasteiger partial charge in [-0.15, -0.1) is 0 Å². The molecule has 0 atom stereocenters. The maximum absolute atomic E-state index is 12.6. The molecule has 120 valence electrons. The van der Waals surface area contributed by atoms with Crippen molar-refractivity contribution in [3.05, 3.63) is 33.9 Å². The Hall–Kier alpha value is -2.28. The fraction of sp³-hybridized carbons (Fsp3) is 0.467. The van der Waals surface area contributed by atoms with Gasteiger partial charge in [0.2, 0.25) is 0 Å². The Morgan fingerprint density at radius 1 is 1.55 bits per heavy atom. The largest absolute Gasteiger partial charge is 0.501 e. The Morgan fingerprint density at radius 3 is 2.82 bits per heavy atom. The molecular weight excluding hydrogens is 288 g/mol. The van der Waals surface area contributed by atoms with Gasteiger partial charge in [-0.1, -0.05) is 0 Å². The van der Waals surface area contributed by atoms with Gasteiger partial charge in [-0.05, 0) is 25.8 Å². The molecule has 1 aliphatic heterocycles. The molecule has 22 heavy (non-hydrogen) atoms. The molecule has 3 N–H and O–H groups in total. The van der Waals surface area contributed by atoms with Gasteiger partial charge >= 0.3 is 5.97 Å². The summed E-state index contributed by atoms with van der Waals surface area (Å²) >= 11 is 0. The van der Waals surface area contributed by atoms with Gasteiger partial charge in [-0.25, -0.2) is 4.79 Å². The molecule has 2 heterocycles. The Balaban J connectivity index is 2.53. The number of ether oxygens (including phenoxy) is 2. The number of rotatable bonds is 5. The first-order chi connectivity index (χ1) is 10.6. The molecule has 7 heteroatoms. The summed E-state index contributed by atoms with van der Waals surface area (Å²) in [5.41, 5.74) is 5.54. The van der Waals surface area contributed by atoms with Crippen LogP contribution in [0.15, 0.2) is 17.3 Å². The van der Waals surface area contributed by atoms with E-state index in [1.54, 1.807) is 0 Å². The monoisotopic (exact) mass is 308 g/mol. The van der Waals surface area contributed by atoms with E-state index in [9.17, 15) is 14.7 Å². The van der Waals surface area contributed by atoms with E-state index >= 15 is 0 Å². The van der Waals surface area contributed by atoms with E-state index in [-0.39, 0.29) is 28.4 Å². The van der Waals surface area contributed by atoms with Crippen molar-refractivity contribution in [2.24, 2.45) is 0 Å². The second-order valence-electron chi connectivity index (χ2n) is 4.99. The third-order valence-electron chi connectivity index (χ3n) is 3.63. The number of hydrogen-bond acceptors (Lipinski definition) is 5. The molecule has 1 fully saturated rings. The lowest BCUT2D eigenvalue weighted by atomic mass is 10.1. The highest BCUT2D eigenvalue weighted by molar-refractivity contribution is 5.95. The predicted molar refractivity (Wildman–Crippen MR) is 81.8 cm³/mol. The average molecular weight is 308 g/mol. The Labute approximate surface area is 127 Å². The Kier molecular flexibility index (Phi) is 5.21. The van der Waals surface area contributed by atoms with Gasteiger partial charge in [-0.3, -0.25) is 4.79 Å². The molecule has 0 spiro atoms. The number of carboxylic acids is 1. The van der Waals surface area contributed by atoms with Crippen molar-refractivity contribution in [1.29, 1.82) is 0 Å². The Bertz CT molecular complexity index is 630. The van der Waals surface area contributed by atoms with Crippen molar-refractivity contribution in [2.75, 3.05) is 25.6 Å². The quantitative estimate of drug-likeness (QED) is 0.799. The van der Waals surface area contributed by atoms with Crippen molar-refractivity contribution in [1.82, 2.24) is 4.57 Å². The summed E-state index contributed by atoms with van der Waals surface area (Å²) < 4.78 is 11.8. The first kappa shape index (κ1) is 16.1. The van der Waals surface area contributed by atoms with Crippen LogP contribution in [-0.2, 0) is 9.47 Å². The van der Waals surface area contributed by atoms with Crippen LogP contribution in [-0.4, -0.2) is 35.5 Å². The van der Waals surface area contributed by atoms with Crippen molar-refractivity contribution >= 4 is 17.7 Å². The Morgan fingerprint density at radius 2 is 2.23 bits per heavy atom. The van der Waals surface area contributed by atoms with Crippen LogP contribution in [0.2, 0.25) is 0 Å². The fourth-order valence-corrected chi connectivity index (χ4v) is 2.45. The number of carboxylic acid groups (broad SMARTS) is 1. The van der Waals surface area contributed by atoms with Crippen LogP contribution in [0.25, 0.3) is 6.08 Å². The first-order valence-corrected chi connectivity index (χ1v) is 7.20. The number of hydrogen-bond donors (Lipinski definition) is 2. The molecular formula is C15H20N2O5. The molecule has 0 saturated carbocycles. The minimum atomic E-state index is -1.16. The second-order valence-corrected chi connectivity index (χ2v) is 4.99. The number of anilines is 1. The maximum Gasteiger partial charge on any atom is 0.339 e. The van der Waals surface area contributed by atoms with Crippen LogP contribution < -0.4 is 11.3 Å². The van der Waals surface area contributed by atoms with E-state index in [0.29, 0.717) is 32.7 Å². The number of pyridine rings is 1. The van der Waals surface area contributed by atoms with E-state index in [0.717, 1.165) is 0 Å². The molecule has 0 aliphatic carbocycles. The normalized spacial score (nSPS) is 16.0. The number of nitrogens with two attached hydrogens (primary N) is 1. The first-order valence-electron chi connectivity index (χ1n) is 7.20. The van der Waals surface area contributed by atoms with E-state index in [4.69, 9.17) is 15.2 Å². The summed E-state index contributed by atoms with van der Waals surface area (Å²) in [4.78, 5) is 24.0. The molecule has 0 aromatic carbocycles. The molecule has 1 aliphatic rings. The van der Waals surface area contributed by atoms with Gasteiger partial charge in [0.1, 0.15) is 0 Å². The van der Waals surface area contributed by atoms with E-state index in [2.05, 4.69) is 0 Å². The fourth-order valence-electron chi connectivity index (χ4n) is 2.45. The van der Waals surface area contributed by atoms with Gasteiger partial charge in [0.05, 0.1) is 29.7 Å². The molecule has 1 aromatic rings. The highest BCUT2D eigenvalue weighted by atomic mass is 16.5. The van der Waals surface area contributed by atoms with Crippen molar-refractivity contribution in [3.8, 4) is 0 Å². The van der Waals surface area contributed by atoms with Crippen molar-refractivity contribution in [3.63, 3.8) is 0 Å². The second kappa shape index (κ2) is 7.13. The number of aromatic carboxylic acids is 1. The van der Waals surface area contributed by atoms with Crippen molar-refractivity contribution < 1.29 is 19.4 Å². The summed E-state index contributed by atoms with van der Waals surface area (Å²) in [5, 5.41) is 9.30. The van der Waals surface area contributed by atoms with Crippen LogP contribution in [0, 0.1) is 0 Å². The van der Waals surface area contributed by atoms with E-state index < -0.39 is 5.97 Å². The van der Waals surface area contributed by atoms with E-state index in [1.165, 1.54) is 23.1 Å². The van der Waals surface area contributed by atoms with Gasteiger partial charge in [0.15, 0.2) is 0 Å². The zero-order chi connectivity index (χ0) is 16.1. The van der Waals surface area contributed by atoms with Crippen LogP contribution in [0.3, 0.4) is 0 Å². The average Bonchev–Trinajstić information content (AvgIpc) is 2.51. The van der Waals surface area contributed by atoms with Gasteiger partial charge in [-0.2, -0.15) is 0 Å². The van der Waals surface area contributed by atoms with Crippen LogP contribution >= 0.6 is 0 Å². The highest BCUT2D eigenvalue weighted by Gasteiger charge is 2.22. The number of carbonyl (C=O) groups is 1. The van der Waals surface area contributed by atoms with Gasteiger partial charge in [0, 0.05) is 25.5 Å². The standard InChI is InChI=1S/C15H20N2O5/c1-2-21-8-5-11-13(16)12(15(19)20)9-17(14(11)18)10-3-6-22-7-4-10/h5,8-10H,2-4,6-7,16H2,1H3,(H,19,20). The summed E-state index contributed by atoms with van der Waals surface area (Å²) in [6.07, 6.45) is 5.43. The zero-order valence-corrected chi connectivity index (χ0v) is 12.4. The number of nitrogens with zero attached hydrogens (tertiary/aromatic N) is 1. The minimum Gasteiger partial charge on any atom is -0.501 e. The molecule has 0 radical (unpaired) electrons. The summed E-state index contributed by atoms with van der Waals surface area (Å²) in [7, 11) is 0. The number of aromatic nitrogens is 1. The molecule has 7 nitrogen and oxygen atoms in total. The summed E-state index contributed by atoms with van der Waals surface area (Å²) in [6, 6.07) is -0.0841. The molecule has 2 rings (SSSR count). The van der Waals surface area contributed by atoms with Gasteiger partial charge < -0.3 is 24.9 Å². The zero-order valence-electron chi connectivity index (χ0n) is 12.4. The SMILES string of the molecule is CCOC=Cc1c(N)c(C(=O)O)cn(C2CCOCC2)c1=O. The molecule has 0 amide bonds. The van der Waals surface area contributed by atoms with Gasteiger partial charge in [0.25, 0.3) is 5.56 Å². The molecule has 0 unspecified atom stereocenters. The van der Waals surface area contributed by atoms with Crippen LogP contribution in [0.4, 0.5) is 5.69 Å².